The average molecular weight is 384 g/mol. The first-order valence-corrected chi connectivity index (χ1v) is 8.53. The molecule has 0 saturated heterocycles. The van der Waals surface area contributed by atoms with E-state index in [0.29, 0.717) is 12.5 Å². The molecule has 0 aliphatic rings. The summed E-state index contributed by atoms with van der Waals surface area (Å²) in [5.41, 5.74) is -3.88. The van der Waals surface area contributed by atoms with Crippen LogP contribution in [0, 0.1) is 0 Å². The third kappa shape index (κ3) is 7.25. The van der Waals surface area contributed by atoms with Crippen molar-refractivity contribution in [2.45, 2.75) is 64.2 Å². The number of hydrogen-bond acceptors (Lipinski definition) is 2. The van der Waals surface area contributed by atoms with E-state index in [0.717, 1.165) is 38.5 Å². The molecule has 0 fully saturated rings. The molecule has 0 amide bonds. The zero-order chi connectivity index (χ0) is 19.8. The summed E-state index contributed by atoms with van der Waals surface area (Å²) in [5.74, 6) is -1.39. The molecule has 8 heteroatoms. The number of hydrogen-bond donors (Lipinski definition) is 0. The number of rotatable bonds is 9. The molecule has 2 nitrogen and oxygen atoms in total. The van der Waals surface area contributed by atoms with Gasteiger partial charge in [0.2, 0.25) is 0 Å². The Morgan fingerprint density at radius 1 is 0.885 bits per heavy atom. The van der Waals surface area contributed by atoms with Crippen LogP contribution in [-0.2, 0) is 17.1 Å². The maximum Gasteiger partial charge on any atom is 0.417 e. The second-order valence-corrected chi connectivity index (χ2v) is 6.01. The minimum atomic E-state index is -4.95. The zero-order valence-electron chi connectivity index (χ0n) is 14.5. The molecule has 0 aromatic heterocycles. The molecule has 148 valence electrons. The predicted molar refractivity (Wildman–Crippen MR) is 84.7 cm³/mol. The highest BCUT2D eigenvalue weighted by Crippen LogP contribution is 2.36. The van der Waals surface area contributed by atoms with Crippen molar-refractivity contribution in [3.05, 3.63) is 34.9 Å². The summed E-state index contributed by atoms with van der Waals surface area (Å²) in [7, 11) is 0. The first-order valence-electron chi connectivity index (χ1n) is 8.53. The van der Waals surface area contributed by atoms with Crippen molar-refractivity contribution in [1.29, 1.82) is 0 Å². The normalized spacial score (nSPS) is 12.3. The van der Waals surface area contributed by atoms with Gasteiger partial charge in [-0.05, 0) is 24.6 Å². The minimum Gasteiger partial charge on any atom is -0.462 e. The van der Waals surface area contributed by atoms with E-state index in [9.17, 15) is 31.1 Å². The molecule has 1 aromatic rings. The van der Waals surface area contributed by atoms with E-state index in [2.05, 4.69) is 6.92 Å². The van der Waals surface area contributed by atoms with Crippen LogP contribution in [0.25, 0.3) is 0 Å². The van der Waals surface area contributed by atoms with Crippen molar-refractivity contribution < 1.29 is 35.9 Å². The van der Waals surface area contributed by atoms with Crippen molar-refractivity contribution in [2.75, 3.05) is 6.61 Å². The molecule has 0 aliphatic carbocycles. The van der Waals surface area contributed by atoms with E-state index in [1.54, 1.807) is 0 Å². The van der Waals surface area contributed by atoms with Gasteiger partial charge in [0.25, 0.3) is 0 Å². The number of esters is 1. The van der Waals surface area contributed by atoms with E-state index >= 15 is 0 Å². The Morgan fingerprint density at radius 3 is 2.00 bits per heavy atom. The van der Waals surface area contributed by atoms with Gasteiger partial charge in [0, 0.05) is 0 Å². The molecule has 0 radical (unpaired) electrons. The van der Waals surface area contributed by atoms with E-state index in [4.69, 9.17) is 4.74 Å². The lowest BCUT2D eigenvalue weighted by Gasteiger charge is -2.15. The van der Waals surface area contributed by atoms with E-state index < -0.39 is 35.0 Å². The number of carbonyl (C=O) groups excluding carboxylic acids is 1. The Balaban J connectivity index is 2.68. The molecule has 1 rings (SSSR count). The highest BCUT2D eigenvalue weighted by Gasteiger charge is 2.39. The van der Waals surface area contributed by atoms with Gasteiger partial charge in [-0.1, -0.05) is 45.4 Å². The molecule has 0 N–H and O–H groups in total. The highest BCUT2D eigenvalue weighted by molar-refractivity contribution is 5.91. The standard InChI is InChI=1S/C18H22F6O2/c1-2-3-4-5-6-7-8-11-26-16(25)14-12-13(17(19,20)21)9-10-15(14)18(22,23)24/h9-10,12H,2-8,11H2,1H3. The molecular weight excluding hydrogens is 362 g/mol. The smallest absolute Gasteiger partial charge is 0.417 e. The van der Waals surface area contributed by atoms with Gasteiger partial charge < -0.3 is 4.74 Å². The minimum absolute atomic E-state index is 0.125. The number of ether oxygens (including phenoxy) is 1. The van der Waals surface area contributed by atoms with Crippen LogP contribution in [0.1, 0.15) is 73.4 Å². The topological polar surface area (TPSA) is 26.3 Å². The fourth-order valence-corrected chi connectivity index (χ4v) is 2.44. The van der Waals surface area contributed by atoms with Crippen molar-refractivity contribution in [3.63, 3.8) is 0 Å². The summed E-state index contributed by atoms with van der Waals surface area (Å²) in [5, 5.41) is 0. The molecule has 0 bridgehead atoms. The van der Waals surface area contributed by atoms with Crippen LogP contribution in [0.2, 0.25) is 0 Å². The van der Waals surface area contributed by atoms with Gasteiger partial charge in [0.1, 0.15) is 0 Å². The van der Waals surface area contributed by atoms with Gasteiger partial charge in [-0.25, -0.2) is 4.79 Å². The Morgan fingerprint density at radius 2 is 1.46 bits per heavy atom. The molecule has 0 saturated carbocycles. The van der Waals surface area contributed by atoms with E-state index in [1.165, 1.54) is 0 Å². The molecule has 1 aromatic carbocycles. The fourth-order valence-electron chi connectivity index (χ4n) is 2.44. The molecule has 0 aliphatic heterocycles. The molecule has 0 spiro atoms. The van der Waals surface area contributed by atoms with Gasteiger partial charge in [0.05, 0.1) is 23.3 Å². The first-order chi connectivity index (χ1) is 12.1. The Hall–Kier alpha value is -1.73. The molecular formula is C18H22F6O2. The monoisotopic (exact) mass is 384 g/mol. The third-order valence-corrected chi connectivity index (χ3v) is 3.85. The third-order valence-electron chi connectivity index (χ3n) is 3.85. The summed E-state index contributed by atoms with van der Waals surface area (Å²) in [6, 6.07) is 0.749. The molecule has 0 heterocycles. The van der Waals surface area contributed by atoms with E-state index in [-0.39, 0.29) is 18.7 Å². The summed E-state index contributed by atoms with van der Waals surface area (Å²) in [4.78, 5) is 11.9. The molecule has 0 atom stereocenters. The van der Waals surface area contributed by atoms with Crippen molar-refractivity contribution in [2.24, 2.45) is 0 Å². The zero-order valence-corrected chi connectivity index (χ0v) is 14.5. The quantitative estimate of drug-likeness (QED) is 0.271. The molecule has 0 unspecified atom stereocenters. The van der Waals surface area contributed by atoms with Crippen LogP contribution in [-0.4, -0.2) is 12.6 Å². The number of unbranched alkanes of at least 4 members (excludes halogenated alkanes) is 6. The fraction of sp³-hybridized carbons (Fsp3) is 0.611. The number of alkyl halides is 6. The lowest BCUT2D eigenvalue weighted by Crippen LogP contribution is -2.17. The van der Waals surface area contributed by atoms with Gasteiger partial charge in [-0.15, -0.1) is 0 Å². The Bertz CT molecular complexity index is 578. The average Bonchev–Trinajstić information content (AvgIpc) is 2.55. The van der Waals surface area contributed by atoms with Gasteiger partial charge in [0.15, 0.2) is 0 Å². The largest absolute Gasteiger partial charge is 0.462 e. The van der Waals surface area contributed by atoms with Crippen molar-refractivity contribution >= 4 is 5.97 Å². The highest BCUT2D eigenvalue weighted by atomic mass is 19.4. The molecule has 26 heavy (non-hydrogen) atoms. The van der Waals surface area contributed by atoms with Crippen LogP contribution >= 0.6 is 0 Å². The lowest BCUT2D eigenvalue weighted by molar-refractivity contribution is -0.141. The SMILES string of the molecule is CCCCCCCCCOC(=O)c1cc(C(F)(F)F)ccc1C(F)(F)F. The second-order valence-electron chi connectivity index (χ2n) is 6.01. The summed E-state index contributed by atoms with van der Waals surface area (Å²) in [6.07, 6.45) is -3.34. The first kappa shape index (κ1) is 22.3. The van der Waals surface area contributed by atoms with E-state index in [1.807, 2.05) is 0 Å². The number of carbonyl (C=O) groups is 1. The second kappa shape index (κ2) is 9.83. The number of halogens is 6. The van der Waals surface area contributed by atoms with Crippen LogP contribution in [0.5, 0.6) is 0 Å². The Kier molecular flexibility index (Phi) is 8.43. The van der Waals surface area contributed by atoms with Crippen molar-refractivity contribution in [1.82, 2.24) is 0 Å². The van der Waals surface area contributed by atoms with Crippen LogP contribution in [0.15, 0.2) is 18.2 Å². The van der Waals surface area contributed by atoms with Gasteiger partial charge in [-0.2, -0.15) is 26.3 Å². The summed E-state index contributed by atoms with van der Waals surface area (Å²) in [6.45, 7) is 1.96. The summed E-state index contributed by atoms with van der Waals surface area (Å²) < 4.78 is 81.7. The van der Waals surface area contributed by atoms with Crippen LogP contribution in [0.4, 0.5) is 26.3 Å². The van der Waals surface area contributed by atoms with Gasteiger partial charge in [-0.3, -0.25) is 0 Å². The Labute approximate surface area is 148 Å². The maximum atomic E-state index is 12.9. The summed E-state index contributed by atoms with van der Waals surface area (Å²) >= 11 is 0. The van der Waals surface area contributed by atoms with Crippen LogP contribution in [0.3, 0.4) is 0 Å². The van der Waals surface area contributed by atoms with Crippen molar-refractivity contribution in [3.8, 4) is 0 Å². The number of benzene rings is 1. The van der Waals surface area contributed by atoms with Gasteiger partial charge >= 0.3 is 18.3 Å². The lowest BCUT2D eigenvalue weighted by atomic mass is 10.0. The van der Waals surface area contributed by atoms with Crippen LogP contribution < -0.4 is 0 Å². The maximum absolute atomic E-state index is 12.9. The predicted octanol–water partition coefficient (Wildman–Crippen LogP) is 6.63.